The van der Waals surface area contributed by atoms with E-state index < -0.39 is 11.6 Å². The lowest BCUT2D eigenvalue weighted by Crippen LogP contribution is -2.53. The molecule has 8 nitrogen and oxygen atoms in total. The van der Waals surface area contributed by atoms with Crippen molar-refractivity contribution in [3.63, 3.8) is 0 Å². The Labute approximate surface area is 279 Å². The van der Waals surface area contributed by atoms with E-state index in [9.17, 15) is 9.50 Å². The summed E-state index contributed by atoms with van der Waals surface area (Å²) in [7, 11) is 0. The third-order valence-corrected chi connectivity index (χ3v) is 11.2. The van der Waals surface area contributed by atoms with Crippen molar-refractivity contribution in [2.45, 2.75) is 63.8 Å². The number of phenols is 1. The van der Waals surface area contributed by atoms with E-state index in [0.29, 0.717) is 60.9 Å². The number of rotatable bonds is 7. The lowest BCUT2D eigenvalue weighted by atomic mass is 9.74. The molecular weight excluding hydrogens is 612 g/mol. The first kappa shape index (κ1) is 31.2. The second kappa shape index (κ2) is 12.8. The molecule has 2 aliphatic carbocycles. The summed E-state index contributed by atoms with van der Waals surface area (Å²) >= 11 is 0. The quantitative estimate of drug-likeness (QED) is 0.217. The van der Waals surface area contributed by atoms with Gasteiger partial charge in [0.25, 0.3) is 0 Å². The lowest BCUT2D eigenvalue weighted by Gasteiger charge is -2.48. The lowest BCUT2D eigenvalue weighted by molar-refractivity contribution is -0.0133. The van der Waals surface area contributed by atoms with Crippen molar-refractivity contribution < 1.29 is 23.4 Å². The van der Waals surface area contributed by atoms with Crippen molar-refractivity contribution in [2.24, 2.45) is 11.3 Å². The van der Waals surface area contributed by atoms with Gasteiger partial charge in [0.2, 0.25) is 0 Å². The normalized spacial score (nSPS) is 23.5. The Kier molecular flexibility index (Phi) is 8.29. The zero-order valence-corrected chi connectivity index (χ0v) is 27.2. The summed E-state index contributed by atoms with van der Waals surface area (Å²) in [6.45, 7) is 5.22. The van der Waals surface area contributed by atoms with Crippen LogP contribution in [0.1, 0.15) is 63.4 Å². The molecule has 2 atom stereocenters. The summed E-state index contributed by atoms with van der Waals surface area (Å²) in [5.41, 5.74) is 0.147. The van der Waals surface area contributed by atoms with Crippen molar-refractivity contribution in [1.29, 1.82) is 0 Å². The highest BCUT2D eigenvalue weighted by Gasteiger charge is 2.49. The Morgan fingerprint density at radius 3 is 2.73 bits per heavy atom. The Hall–Kier alpha value is -4.07. The number of nitrogens with zero attached hydrogens (tertiary/aromatic N) is 5. The van der Waals surface area contributed by atoms with Gasteiger partial charge in [-0.25, -0.2) is 8.78 Å². The third-order valence-electron chi connectivity index (χ3n) is 11.2. The number of aromatic hydroxyl groups is 1. The predicted octanol–water partition coefficient (Wildman–Crippen LogP) is 6.85. The molecule has 0 spiro atoms. The summed E-state index contributed by atoms with van der Waals surface area (Å²) in [6, 6.07) is 6.20. The van der Waals surface area contributed by atoms with Gasteiger partial charge in [-0.3, -0.25) is 9.88 Å². The highest BCUT2D eigenvalue weighted by molar-refractivity contribution is 6.03. The first-order valence-electron chi connectivity index (χ1n) is 17.4. The van der Waals surface area contributed by atoms with Crippen LogP contribution in [-0.4, -0.2) is 77.0 Å². The van der Waals surface area contributed by atoms with Crippen LogP contribution in [-0.2, 0) is 4.74 Å². The molecule has 2 aliphatic heterocycles. The maximum Gasteiger partial charge on any atom is 0.319 e. The molecule has 0 amide bonds. The van der Waals surface area contributed by atoms with Crippen molar-refractivity contribution in [3.8, 4) is 35.4 Å². The number of fused-ring (bicyclic) bond motifs is 3. The number of ether oxygens (including phenoxy) is 2. The zero-order valence-electron chi connectivity index (χ0n) is 27.2. The molecule has 48 heavy (non-hydrogen) atoms. The Morgan fingerprint density at radius 2 is 1.90 bits per heavy atom. The fraction of sp³-hybridized carbons (Fsp3) is 0.500. The smallest absolute Gasteiger partial charge is 0.319 e. The summed E-state index contributed by atoms with van der Waals surface area (Å²) in [5, 5.41) is 11.8. The largest absolute Gasteiger partial charge is 0.508 e. The van der Waals surface area contributed by atoms with E-state index in [1.165, 1.54) is 62.9 Å². The molecule has 2 aromatic heterocycles. The number of anilines is 1. The predicted molar refractivity (Wildman–Crippen MR) is 181 cm³/mol. The van der Waals surface area contributed by atoms with Crippen LogP contribution in [0.15, 0.2) is 30.5 Å². The monoisotopic (exact) mass is 653 g/mol. The SMILES string of the molecule is C#Cc1c(F)ccc2cc(O)cc(-c3ncc4c(N5CCCOCC5)nc(OC[C@]56CCC[C@H]5N(CC5CCC5)CCC6)nc4c3F)c12. The Bertz CT molecular complexity index is 1900. The summed E-state index contributed by atoms with van der Waals surface area (Å²) in [5.74, 6) is 2.32. The minimum atomic E-state index is -0.715. The minimum Gasteiger partial charge on any atom is -0.508 e. The third kappa shape index (κ3) is 5.51. The second-order valence-corrected chi connectivity index (χ2v) is 14.1. The van der Waals surface area contributed by atoms with E-state index in [1.807, 2.05) is 0 Å². The van der Waals surface area contributed by atoms with Gasteiger partial charge in [-0.05, 0) is 81.0 Å². The zero-order chi connectivity index (χ0) is 32.8. The van der Waals surface area contributed by atoms with Crippen LogP contribution in [0.25, 0.3) is 32.9 Å². The fourth-order valence-corrected chi connectivity index (χ4v) is 8.67. The number of benzene rings is 2. The van der Waals surface area contributed by atoms with E-state index in [1.54, 1.807) is 6.20 Å². The van der Waals surface area contributed by atoms with Gasteiger partial charge in [0.1, 0.15) is 28.6 Å². The van der Waals surface area contributed by atoms with Gasteiger partial charge in [-0.2, -0.15) is 9.97 Å². The molecule has 0 radical (unpaired) electrons. The van der Waals surface area contributed by atoms with Crippen LogP contribution in [0, 0.1) is 35.3 Å². The molecule has 0 bridgehead atoms. The van der Waals surface area contributed by atoms with Gasteiger partial charge in [-0.15, -0.1) is 6.42 Å². The van der Waals surface area contributed by atoms with E-state index in [0.717, 1.165) is 38.1 Å². The van der Waals surface area contributed by atoms with E-state index >= 15 is 4.39 Å². The number of hydrogen-bond acceptors (Lipinski definition) is 8. The fourth-order valence-electron chi connectivity index (χ4n) is 8.67. The number of aromatic nitrogens is 3. The van der Waals surface area contributed by atoms with E-state index in [-0.39, 0.29) is 39.5 Å². The van der Waals surface area contributed by atoms with Crippen molar-refractivity contribution in [1.82, 2.24) is 19.9 Å². The molecule has 4 aliphatic rings. The average molecular weight is 654 g/mol. The van der Waals surface area contributed by atoms with Crippen molar-refractivity contribution in [3.05, 3.63) is 47.7 Å². The summed E-state index contributed by atoms with van der Waals surface area (Å²) < 4.78 is 44.0. The molecule has 4 heterocycles. The molecule has 8 rings (SSSR count). The molecule has 2 saturated heterocycles. The van der Waals surface area contributed by atoms with Gasteiger partial charge in [0.05, 0.1) is 24.2 Å². The molecule has 0 unspecified atom stereocenters. The number of terminal acetylenes is 1. The van der Waals surface area contributed by atoms with E-state index in [4.69, 9.17) is 25.9 Å². The summed E-state index contributed by atoms with van der Waals surface area (Å²) in [6.07, 6.45) is 17.8. The van der Waals surface area contributed by atoms with Crippen LogP contribution in [0.3, 0.4) is 0 Å². The first-order chi connectivity index (χ1) is 23.4. The van der Waals surface area contributed by atoms with Crippen LogP contribution in [0.4, 0.5) is 14.6 Å². The standard InChI is InChI=1S/C38H41F2N5O3/c1-2-27-30(39)11-10-25-19-26(46)20-28(32(25)27)34-33(40)35-29(21-41-34)36(44-15-6-17-47-18-16-44)43-37(42-35)48-23-38-12-4-9-31(38)45(14-5-13-38)22-24-7-3-8-24/h1,10-11,19-21,24,31,46H,3-9,12-18,22-23H2/t31-,38-/m1/s1. The van der Waals surface area contributed by atoms with Gasteiger partial charge in [0, 0.05) is 54.8 Å². The van der Waals surface area contributed by atoms with Gasteiger partial charge < -0.3 is 19.5 Å². The number of likely N-dealkylation sites (tertiary alicyclic amines) is 1. The van der Waals surface area contributed by atoms with Crippen molar-refractivity contribution in [2.75, 3.05) is 50.9 Å². The molecular formula is C38H41F2N5O3. The molecule has 1 N–H and O–H groups in total. The van der Waals surface area contributed by atoms with Crippen molar-refractivity contribution >= 4 is 27.5 Å². The number of phenolic OH excluding ortho intramolecular Hbond substituents is 1. The highest BCUT2D eigenvalue weighted by atomic mass is 19.1. The molecule has 2 saturated carbocycles. The molecule has 2 aromatic carbocycles. The Balaban J connectivity index is 1.21. The summed E-state index contributed by atoms with van der Waals surface area (Å²) in [4.78, 5) is 18.9. The topological polar surface area (TPSA) is 83.8 Å². The maximum absolute atomic E-state index is 16.9. The number of halogens is 2. The van der Waals surface area contributed by atoms with Crippen LogP contribution in [0.5, 0.6) is 11.8 Å². The molecule has 250 valence electrons. The van der Waals surface area contributed by atoms with Gasteiger partial charge >= 0.3 is 6.01 Å². The average Bonchev–Trinajstić information content (AvgIpc) is 3.32. The Morgan fingerprint density at radius 1 is 1.02 bits per heavy atom. The van der Waals surface area contributed by atoms with Gasteiger partial charge in [0.15, 0.2) is 5.82 Å². The molecule has 10 heteroatoms. The van der Waals surface area contributed by atoms with Crippen LogP contribution >= 0.6 is 0 Å². The first-order valence-corrected chi connectivity index (χ1v) is 17.4. The second-order valence-electron chi connectivity index (χ2n) is 14.1. The number of hydrogen-bond donors (Lipinski definition) is 1. The highest BCUT2D eigenvalue weighted by Crippen LogP contribution is 2.49. The number of pyridine rings is 1. The van der Waals surface area contributed by atoms with Crippen LogP contribution < -0.4 is 9.64 Å². The molecule has 4 aromatic rings. The maximum atomic E-state index is 16.9. The minimum absolute atomic E-state index is 0.0229. The van der Waals surface area contributed by atoms with Crippen LogP contribution in [0.2, 0.25) is 0 Å². The van der Waals surface area contributed by atoms with E-state index in [2.05, 4.69) is 20.7 Å². The number of piperidine rings is 1. The van der Waals surface area contributed by atoms with Gasteiger partial charge in [-0.1, -0.05) is 24.8 Å². The molecule has 4 fully saturated rings.